The molecular weight excluding hydrogens is 228 g/mol. The minimum atomic E-state index is -0.111. The van der Waals surface area contributed by atoms with Crippen molar-refractivity contribution in [1.29, 1.82) is 0 Å². The maximum atomic E-state index is 11.7. The molecule has 1 aromatic rings. The molecule has 1 saturated heterocycles. The van der Waals surface area contributed by atoms with Crippen molar-refractivity contribution in [3.8, 4) is 0 Å². The summed E-state index contributed by atoms with van der Waals surface area (Å²) in [5.41, 5.74) is -0.111. The van der Waals surface area contributed by atoms with Gasteiger partial charge in [-0.3, -0.25) is 9.36 Å². The lowest BCUT2D eigenvalue weighted by Crippen LogP contribution is -2.28. The quantitative estimate of drug-likeness (QED) is 0.743. The normalized spacial score (nSPS) is 24.9. The largest absolute Gasteiger partial charge is 0.373 e. The van der Waals surface area contributed by atoms with E-state index in [-0.39, 0.29) is 16.8 Å². The summed E-state index contributed by atoms with van der Waals surface area (Å²) in [5.74, 6) is 0.639. The van der Waals surface area contributed by atoms with Crippen LogP contribution < -0.4 is 5.56 Å². The van der Waals surface area contributed by atoms with Gasteiger partial charge in [-0.15, -0.1) is 0 Å². The second-order valence-electron chi connectivity index (χ2n) is 4.22. The van der Waals surface area contributed by atoms with Gasteiger partial charge in [0, 0.05) is 6.07 Å². The summed E-state index contributed by atoms with van der Waals surface area (Å²) in [5, 5.41) is 0.249. The first-order valence-corrected chi connectivity index (χ1v) is 5.83. The van der Waals surface area contributed by atoms with E-state index in [0.717, 1.165) is 12.8 Å². The van der Waals surface area contributed by atoms with Crippen LogP contribution in [0.4, 0.5) is 0 Å². The highest BCUT2D eigenvalue weighted by molar-refractivity contribution is 6.29. The van der Waals surface area contributed by atoms with Gasteiger partial charge in [0.15, 0.2) is 0 Å². The maximum Gasteiger partial charge on any atom is 0.255 e. The summed E-state index contributed by atoms with van der Waals surface area (Å²) in [7, 11) is 0. The van der Waals surface area contributed by atoms with Gasteiger partial charge in [0.2, 0.25) is 0 Å². The fourth-order valence-corrected chi connectivity index (χ4v) is 2.25. The summed E-state index contributed by atoms with van der Waals surface area (Å²) in [6.07, 6.45) is 2.46. The molecule has 2 rings (SSSR count). The minimum Gasteiger partial charge on any atom is -0.373 e. The van der Waals surface area contributed by atoms with Gasteiger partial charge in [-0.05, 0) is 26.7 Å². The molecule has 88 valence electrons. The Morgan fingerprint density at radius 2 is 2.38 bits per heavy atom. The average molecular weight is 243 g/mol. The monoisotopic (exact) mass is 242 g/mol. The highest BCUT2D eigenvalue weighted by Gasteiger charge is 2.22. The number of hydrogen-bond acceptors (Lipinski definition) is 3. The van der Waals surface area contributed by atoms with E-state index in [1.54, 1.807) is 11.5 Å². The third-order valence-electron chi connectivity index (χ3n) is 2.87. The molecule has 4 nitrogen and oxygen atoms in total. The van der Waals surface area contributed by atoms with E-state index in [1.807, 2.05) is 0 Å². The number of halogens is 1. The summed E-state index contributed by atoms with van der Waals surface area (Å²) < 4.78 is 7.30. The molecule has 0 N–H and O–H groups in total. The Kier molecular flexibility index (Phi) is 3.30. The van der Waals surface area contributed by atoms with Crippen LogP contribution in [-0.4, -0.2) is 21.8 Å². The molecule has 5 heteroatoms. The van der Waals surface area contributed by atoms with Crippen molar-refractivity contribution in [3.05, 3.63) is 27.4 Å². The molecule has 1 fully saturated rings. The second kappa shape index (κ2) is 4.55. The molecule has 0 bridgehead atoms. The third kappa shape index (κ3) is 2.44. The van der Waals surface area contributed by atoms with Crippen molar-refractivity contribution in [1.82, 2.24) is 9.55 Å². The van der Waals surface area contributed by atoms with Crippen LogP contribution >= 0.6 is 11.6 Å². The zero-order chi connectivity index (χ0) is 11.7. The van der Waals surface area contributed by atoms with E-state index in [2.05, 4.69) is 11.9 Å². The van der Waals surface area contributed by atoms with Crippen LogP contribution in [0.5, 0.6) is 0 Å². The molecule has 0 radical (unpaired) electrons. The van der Waals surface area contributed by atoms with Gasteiger partial charge in [0.05, 0.1) is 18.8 Å². The van der Waals surface area contributed by atoms with Crippen molar-refractivity contribution in [3.63, 3.8) is 0 Å². The van der Waals surface area contributed by atoms with Gasteiger partial charge < -0.3 is 4.74 Å². The number of hydrogen-bond donors (Lipinski definition) is 0. The molecule has 2 unspecified atom stereocenters. The molecule has 1 aromatic heterocycles. The zero-order valence-electron chi connectivity index (χ0n) is 9.44. The SMILES string of the molecule is Cc1nc(Cl)cc(=O)n1CC1CCC(C)O1. The van der Waals surface area contributed by atoms with Gasteiger partial charge in [-0.1, -0.05) is 11.6 Å². The van der Waals surface area contributed by atoms with E-state index in [9.17, 15) is 4.79 Å². The lowest BCUT2D eigenvalue weighted by Gasteiger charge is -2.14. The van der Waals surface area contributed by atoms with E-state index in [4.69, 9.17) is 16.3 Å². The van der Waals surface area contributed by atoms with Crippen molar-refractivity contribution in [2.24, 2.45) is 0 Å². The summed E-state index contributed by atoms with van der Waals surface area (Å²) >= 11 is 5.71. The molecule has 1 aliphatic rings. The Balaban J connectivity index is 2.18. The van der Waals surface area contributed by atoms with Crippen LogP contribution in [0.3, 0.4) is 0 Å². The van der Waals surface area contributed by atoms with Crippen molar-refractivity contribution < 1.29 is 4.74 Å². The fourth-order valence-electron chi connectivity index (χ4n) is 2.03. The van der Waals surface area contributed by atoms with Crippen LogP contribution in [0.15, 0.2) is 10.9 Å². The average Bonchev–Trinajstić information content (AvgIpc) is 2.58. The van der Waals surface area contributed by atoms with Crippen LogP contribution in [-0.2, 0) is 11.3 Å². The minimum absolute atomic E-state index is 0.111. The van der Waals surface area contributed by atoms with E-state index >= 15 is 0 Å². The summed E-state index contributed by atoms with van der Waals surface area (Å²) in [4.78, 5) is 15.8. The first-order chi connectivity index (χ1) is 7.56. The van der Waals surface area contributed by atoms with Gasteiger partial charge in [0.1, 0.15) is 11.0 Å². The van der Waals surface area contributed by atoms with Gasteiger partial charge in [-0.2, -0.15) is 0 Å². The molecule has 0 spiro atoms. The van der Waals surface area contributed by atoms with Crippen LogP contribution in [0.1, 0.15) is 25.6 Å². The molecule has 16 heavy (non-hydrogen) atoms. The predicted octanol–water partition coefficient (Wildman–Crippen LogP) is 1.77. The van der Waals surface area contributed by atoms with Gasteiger partial charge in [-0.25, -0.2) is 4.98 Å². The molecule has 0 saturated carbocycles. The number of aryl methyl sites for hydroxylation is 1. The van der Waals surface area contributed by atoms with Gasteiger partial charge >= 0.3 is 0 Å². The standard InChI is InChI=1S/C11H15ClN2O2/c1-7-3-4-9(16-7)6-14-8(2)13-10(12)5-11(14)15/h5,7,9H,3-4,6H2,1-2H3. The molecule has 2 heterocycles. The highest BCUT2D eigenvalue weighted by atomic mass is 35.5. The van der Waals surface area contributed by atoms with Gasteiger partial charge in [0.25, 0.3) is 5.56 Å². The number of rotatable bonds is 2. The summed E-state index contributed by atoms with van der Waals surface area (Å²) in [6, 6.07) is 1.34. The second-order valence-corrected chi connectivity index (χ2v) is 4.61. The Labute approximate surface area is 99.2 Å². The van der Waals surface area contributed by atoms with E-state index < -0.39 is 0 Å². The smallest absolute Gasteiger partial charge is 0.255 e. The lowest BCUT2D eigenvalue weighted by molar-refractivity contribution is 0.0446. The summed E-state index contributed by atoms with van der Waals surface area (Å²) in [6.45, 7) is 4.40. The van der Waals surface area contributed by atoms with Crippen LogP contribution in [0, 0.1) is 6.92 Å². The number of ether oxygens (including phenoxy) is 1. The molecular formula is C11H15ClN2O2. The maximum absolute atomic E-state index is 11.7. The molecule has 0 amide bonds. The molecule has 0 aliphatic carbocycles. The Morgan fingerprint density at radius 3 is 2.94 bits per heavy atom. The topological polar surface area (TPSA) is 44.1 Å². The first kappa shape index (κ1) is 11.6. The molecule has 1 aliphatic heterocycles. The van der Waals surface area contributed by atoms with Crippen molar-refractivity contribution in [2.75, 3.05) is 0 Å². The Bertz CT molecular complexity index is 444. The zero-order valence-corrected chi connectivity index (χ0v) is 10.2. The first-order valence-electron chi connectivity index (χ1n) is 5.45. The van der Waals surface area contributed by atoms with Crippen LogP contribution in [0.25, 0.3) is 0 Å². The third-order valence-corrected chi connectivity index (χ3v) is 3.07. The number of aromatic nitrogens is 2. The Morgan fingerprint density at radius 1 is 1.62 bits per heavy atom. The van der Waals surface area contributed by atoms with E-state index in [0.29, 0.717) is 18.5 Å². The Hall–Kier alpha value is -0.870. The fraction of sp³-hybridized carbons (Fsp3) is 0.636. The predicted molar refractivity (Wildman–Crippen MR) is 61.8 cm³/mol. The number of nitrogens with zero attached hydrogens (tertiary/aromatic N) is 2. The van der Waals surface area contributed by atoms with Crippen molar-refractivity contribution in [2.45, 2.75) is 45.4 Å². The molecule has 0 aromatic carbocycles. The highest BCUT2D eigenvalue weighted by Crippen LogP contribution is 2.20. The lowest BCUT2D eigenvalue weighted by atomic mass is 10.2. The van der Waals surface area contributed by atoms with E-state index in [1.165, 1.54) is 6.07 Å². The molecule has 2 atom stereocenters. The van der Waals surface area contributed by atoms with Crippen LogP contribution in [0.2, 0.25) is 5.15 Å². The van der Waals surface area contributed by atoms with Crippen molar-refractivity contribution >= 4 is 11.6 Å².